The zero-order chi connectivity index (χ0) is 14.6. The van der Waals surface area contributed by atoms with E-state index in [1.165, 1.54) is 0 Å². The van der Waals surface area contributed by atoms with Gasteiger partial charge in [0.05, 0.1) is 0 Å². The molecular weight excluding hydrogens is 297 g/mol. The van der Waals surface area contributed by atoms with E-state index in [4.69, 9.17) is 0 Å². The number of allylic oxidation sites excluding steroid dienone is 1. The Kier molecular flexibility index (Phi) is 4.92. The minimum atomic E-state index is -5.00. The molecule has 0 bridgehead atoms. The fourth-order valence-corrected chi connectivity index (χ4v) is 1.72. The lowest BCUT2D eigenvalue weighted by molar-refractivity contribution is -0.258. The number of aromatic nitrogens is 1. The molecule has 106 valence electrons. The highest BCUT2D eigenvalue weighted by Gasteiger charge is 2.39. The molecule has 4 nitrogen and oxygen atoms in total. The van der Waals surface area contributed by atoms with Crippen LogP contribution in [0.15, 0.2) is 21.8 Å². The standard InChI is InChI=1S/C9H6F5NO3S/c10-4(11)2-1-3-19-8-15-6(9(12,13)14)5(18-8)7(16)17/h2H,1,3H2,(H,16,17)/p-1. The Morgan fingerprint density at radius 3 is 2.47 bits per heavy atom. The van der Waals surface area contributed by atoms with Crippen molar-refractivity contribution in [3.63, 3.8) is 0 Å². The normalized spacial score (nSPS) is 11.4. The Balaban J connectivity index is 2.81. The van der Waals surface area contributed by atoms with Gasteiger partial charge in [-0.05, 0) is 12.5 Å². The number of rotatable bonds is 5. The number of oxazole rings is 1. The Hall–Kier alpha value is -1.58. The summed E-state index contributed by atoms with van der Waals surface area (Å²) in [5.74, 6) is -3.62. The van der Waals surface area contributed by atoms with Gasteiger partial charge in [-0.3, -0.25) is 0 Å². The summed E-state index contributed by atoms with van der Waals surface area (Å²) in [4.78, 5) is 13.4. The van der Waals surface area contributed by atoms with Gasteiger partial charge in [-0.25, -0.2) is 0 Å². The van der Waals surface area contributed by atoms with E-state index in [-0.39, 0.29) is 12.2 Å². The van der Waals surface area contributed by atoms with Crippen LogP contribution < -0.4 is 5.11 Å². The van der Waals surface area contributed by atoms with Crippen LogP contribution >= 0.6 is 11.8 Å². The molecule has 0 amide bonds. The van der Waals surface area contributed by atoms with Gasteiger partial charge in [-0.2, -0.15) is 26.9 Å². The van der Waals surface area contributed by atoms with E-state index in [9.17, 15) is 31.9 Å². The van der Waals surface area contributed by atoms with Gasteiger partial charge in [-0.15, -0.1) is 0 Å². The Bertz CT molecular complexity index is 493. The summed E-state index contributed by atoms with van der Waals surface area (Å²) in [6.07, 6.45) is -6.47. The molecule has 1 rings (SSSR count). The first-order valence-corrected chi connectivity index (χ1v) is 5.63. The van der Waals surface area contributed by atoms with Gasteiger partial charge in [0.1, 0.15) is 5.97 Å². The summed E-state index contributed by atoms with van der Waals surface area (Å²) in [7, 11) is 0. The molecule has 0 aliphatic rings. The van der Waals surface area contributed by atoms with Crippen LogP contribution in [0.25, 0.3) is 0 Å². The number of hydrogen-bond donors (Lipinski definition) is 0. The van der Waals surface area contributed by atoms with Crippen LogP contribution in [-0.2, 0) is 6.18 Å². The first-order valence-electron chi connectivity index (χ1n) is 4.65. The quantitative estimate of drug-likeness (QED) is 0.474. The maximum Gasteiger partial charge on any atom is 0.437 e. The number of carboxylic acids is 1. The zero-order valence-corrected chi connectivity index (χ0v) is 9.78. The number of nitrogens with zero attached hydrogens (tertiary/aromatic N) is 1. The van der Waals surface area contributed by atoms with Crippen molar-refractivity contribution in [3.8, 4) is 0 Å². The highest BCUT2D eigenvalue weighted by molar-refractivity contribution is 7.99. The first-order chi connectivity index (χ1) is 8.71. The maximum atomic E-state index is 12.4. The van der Waals surface area contributed by atoms with Crippen molar-refractivity contribution in [3.05, 3.63) is 23.6 Å². The molecular formula is C9H5F5NO3S-. The minimum Gasteiger partial charge on any atom is -0.541 e. The molecule has 0 spiro atoms. The van der Waals surface area contributed by atoms with Crippen LogP contribution in [0.1, 0.15) is 22.7 Å². The summed E-state index contributed by atoms with van der Waals surface area (Å²) in [6.45, 7) is 0. The monoisotopic (exact) mass is 302 g/mol. The van der Waals surface area contributed by atoms with Crippen LogP contribution in [0, 0.1) is 0 Å². The van der Waals surface area contributed by atoms with E-state index in [2.05, 4.69) is 9.40 Å². The molecule has 1 aromatic rings. The van der Waals surface area contributed by atoms with Crippen LogP contribution in [-0.4, -0.2) is 16.7 Å². The Labute approximate surface area is 107 Å². The highest BCUT2D eigenvalue weighted by atomic mass is 32.2. The van der Waals surface area contributed by atoms with Crippen molar-refractivity contribution in [2.75, 3.05) is 5.75 Å². The molecule has 1 aromatic heterocycles. The van der Waals surface area contributed by atoms with Crippen LogP contribution in [0.5, 0.6) is 0 Å². The van der Waals surface area contributed by atoms with E-state index in [1.54, 1.807) is 0 Å². The average molecular weight is 302 g/mol. The molecule has 10 heteroatoms. The number of alkyl halides is 3. The summed E-state index contributed by atoms with van der Waals surface area (Å²) in [5.41, 5.74) is -1.71. The van der Waals surface area contributed by atoms with Gasteiger partial charge < -0.3 is 14.3 Å². The maximum absolute atomic E-state index is 12.4. The number of hydrogen-bond acceptors (Lipinski definition) is 5. The number of halogens is 5. The zero-order valence-electron chi connectivity index (χ0n) is 8.96. The third-order valence-corrected chi connectivity index (χ3v) is 2.56. The fraction of sp³-hybridized carbons (Fsp3) is 0.333. The van der Waals surface area contributed by atoms with Gasteiger partial charge >= 0.3 is 6.18 Å². The third kappa shape index (κ3) is 4.54. The summed E-state index contributed by atoms with van der Waals surface area (Å²) in [5, 5.41) is 9.87. The fourth-order valence-electron chi connectivity index (χ4n) is 1.01. The lowest BCUT2D eigenvalue weighted by Gasteiger charge is -2.03. The Morgan fingerprint density at radius 1 is 1.42 bits per heavy atom. The second-order valence-corrected chi connectivity index (χ2v) is 4.12. The summed E-state index contributed by atoms with van der Waals surface area (Å²) in [6, 6.07) is 0. The van der Waals surface area contributed by atoms with E-state index >= 15 is 0 Å². The van der Waals surface area contributed by atoms with Crippen molar-refractivity contribution in [1.29, 1.82) is 0 Å². The Morgan fingerprint density at radius 2 is 2.05 bits per heavy atom. The molecule has 0 unspecified atom stereocenters. The van der Waals surface area contributed by atoms with Crippen LogP contribution in [0.3, 0.4) is 0 Å². The molecule has 0 atom stereocenters. The first kappa shape index (κ1) is 15.5. The largest absolute Gasteiger partial charge is 0.541 e. The van der Waals surface area contributed by atoms with Gasteiger partial charge in [0.2, 0.25) is 0 Å². The highest BCUT2D eigenvalue weighted by Crippen LogP contribution is 2.34. The number of aromatic carboxylic acids is 1. The van der Waals surface area contributed by atoms with Gasteiger partial charge in [0.25, 0.3) is 11.3 Å². The average Bonchev–Trinajstić information content (AvgIpc) is 2.68. The molecule has 0 radical (unpaired) electrons. The second kappa shape index (κ2) is 6.04. The number of carbonyl (C=O) groups is 1. The van der Waals surface area contributed by atoms with E-state index in [0.29, 0.717) is 17.8 Å². The van der Waals surface area contributed by atoms with E-state index in [1.807, 2.05) is 0 Å². The lowest BCUT2D eigenvalue weighted by Crippen LogP contribution is -2.25. The van der Waals surface area contributed by atoms with Crippen molar-refractivity contribution in [2.45, 2.75) is 17.8 Å². The van der Waals surface area contributed by atoms with Gasteiger partial charge in [-0.1, -0.05) is 11.8 Å². The predicted octanol–water partition coefficient (Wildman–Crippen LogP) is 2.32. The van der Waals surface area contributed by atoms with E-state index < -0.39 is 34.9 Å². The SMILES string of the molecule is O=C([O-])c1oc(SCCC=C(F)F)nc1C(F)(F)F. The topological polar surface area (TPSA) is 66.2 Å². The van der Waals surface area contributed by atoms with E-state index in [0.717, 1.165) is 0 Å². The van der Waals surface area contributed by atoms with Crippen molar-refractivity contribution < 1.29 is 36.3 Å². The van der Waals surface area contributed by atoms with Crippen LogP contribution in [0.2, 0.25) is 0 Å². The molecule has 0 N–H and O–H groups in total. The molecule has 0 saturated carbocycles. The van der Waals surface area contributed by atoms with Gasteiger partial charge in [0, 0.05) is 5.75 Å². The van der Waals surface area contributed by atoms with Gasteiger partial charge in [0.15, 0.2) is 11.5 Å². The number of carboxylic acid groups (broad SMARTS) is 1. The summed E-state index contributed by atoms with van der Waals surface area (Å²) < 4.78 is 64.9. The third-order valence-electron chi connectivity index (χ3n) is 1.70. The number of carbonyl (C=O) groups excluding carboxylic acids is 1. The lowest BCUT2D eigenvalue weighted by atomic mass is 10.3. The molecule has 0 saturated heterocycles. The van der Waals surface area contributed by atoms with Crippen molar-refractivity contribution in [2.24, 2.45) is 0 Å². The second-order valence-electron chi connectivity index (χ2n) is 3.07. The molecule has 1 heterocycles. The smallest absolute Gasteiger partial charge is 0.437 e. The predicted molar refractivity (Wildman–Crippen MR) is 51.5 cm³/mol. The molecule has 0 aliphatic carbocycles. The number of thioether (sulfide) groups is 1. The van der Waals surface area contributed by atoms with Crippen LogP contribution in [0.4, 0.5) is 22.0 Å². The molecule has 0 aromatic carbocycles. The molecule has 0 fully saturated rings. The molecule has 19 heavy (non-hydrogen) atoms. The molecule has 0 aliphatic heterocycles. The minimum absolute atomic E-state index is 0.0400. The van der Waals surface area contributed by atoms with Crippen molar-refractivity contribution in [1.82, 2.24) is 4.98 Å². The summed E-state index contributed by atoms with van der Waals surface area (Å²) >= 11 is 0.584. The van der Waals surface area contributed by atoms with Crippen molar-refractivity contribution >= 4 is 17.7 Å².